The molecule has 0 saturated carbocycles. The molecule has 0 radical (unpaired) electrons. The summed E-state index contributed by atoms with van der Waals surface area (Å²) in [5, 5.41) is 15.4. The molecule has 3 aromatic carbocycles. The summed E-state index contributed by atoms with van der Waals surface area (Å²) >= 11 is 0. The van der Waals surface area contributed by atoms with Gasteiger partial charge < -0.3 is 20.5 Å². The third kappa shape index (κ3) is 6.21. The number of pyridine rings is 1. The first-order chi connectivity index (χ1) is 22.0. The van der Waals surface area contributed by atoms with Crippen molar-refractivity contribution in [1.29, 1.82) is 0 Å². The zero-order chi connectivity index (χ0) is 33.2. The maximum atomic E-state index is 15.8. The normalized spacial score (nSPS) is 15.6. The Morgan fingerprint density at radius 1 is 1.07 bits per heavy atom. The van der Waals surface area contributed by atoms with Crippen LogP contribution in [-0.2, 0) is 4.79 Å². The van der Waals surface area contributed by atoms with Gasteiger partial charge in [-0.15, -0.1) is 0 Å². The lowest BCUT2D eigenvalue weighted by Crippen LogP contribution is -2.36. The molecule has 242 valence electrons. The Morgan fingerprint density at radius 2 is 1.76 bits per heavy atom. The van der Waals surface area contributed by atoms with E-state index in [9.17, 15) is 9.59 Å². The SMILES string of the molecule is COc1cccc(-c2c(C)c(C(c3ccccc3F)C(F)(F)F)c3n(c2=O)[C@H](C(NCCCC(=O)O)c2ccccc2)CN3)c1F. The predicted octanol–water partition coefficient (Wildman–Crippen LogP) is 6.97. The highest BCUT2D eigenvalue weighted by atomic mass is 19.4. The number of carboxylic acids is 1. The van der Waals surface area contributed by atoms with Crippen LogP contribution in [0, 0.1) is 18.6 Å². The summed E-state index contributed by atoms with van der Waals surface area (Å²) in [5.74, 6) is -5.87. The molecule has 1 aliphatic heterocycles. The van der Waals surface area contributed by atoms with E-state index < -0.39 is 58.5 Å². The molecule has 0 aliphatic carbocycles. The van der Waals surface area contributed by atoms with Gasteiger partial charge in [-0.25, -0.2) is 8.78 Å². The third-order valence-electron chi connectivity index (χ3n) is 8.28. The van der Waals surface area contributed by atoms with Gasteiger partial charge in [0.25, 0.3) is 5.56 Å². The summed E-state index contributed by atoms with van der Waals surface area (Å²) in [4.78, 5) is 25.6. The van der Waals surface area contributed by atoms with Crippen molar-refractivity contribution in [3.05, 3.63) is 117 Å². The number of hydrogen-bond donors (Lipinski definition) is 3. The summed E-state index contributed by atoms with van der Waals surface area (Å²) in [6.07, 6.45) is -4.88. The average molecular weight is 642 g/mol. The number of hydrogen-bond acceptors (Lipinski definition) is 5. The molecule has 1 aromatic heterocycles. The molecule has 2 unspecified atom stereocenters. The van der Waals surface area contributed by atoms with E-state index >= 15 is 22.0 Å². The van der Waals surface area contributed by atoms with E-state index in [1.165, 1.54) is 48.9 Å². The predicted molar refractivity (Wildman–Crippen MR) is 163 cm³/mol. The third-order valence-corrected chi connectivity index (χ3v) is 8.28. The molecular formula is C34H32F5N3O4. The van der Waals surface area contributed by atoms with Crippen LogP contribution in [-0.4, -0.2) is 42.0 Å². The van der Waals surface area contributed by atoms with Crippen LogP contribution in [0.5, 0.6) is 5.75 Å². The van der Waals surface area contributed by atoms with Crippen molar-refractivity contribution in [3.8, 4) is 16.9 Å². The van der Waals surface area contributed by atoms with E-state index in [2.05, 4.69) is 10.6 Å². The highest BCUT2D eigenvalue weighted by molar-refractivity contribution is 5.74. The minimum Gasteiger partial charge on any atom is -0.494 e. The second kappa shape index (κ2) is 13.3. The number of methoxy groups -OCH3 is 1. The van der Waals surface area contributed by atoms with Gasteiger partial charge in [0.15, 0.2) is 11.6 Å². The van der Waals surface area contributed by atoms with Crippen LogP contribution in [0.25, 0.3) is 11.1 Å². The number of nitrogens with zero attached hydrogens (tertiary/aromatic N) is 1. The van der Waals surface area contributed by atoms with Gasteiger partial charge in [-0.3, -0.25) is 14.2 Å². The zero-order valence-electron chi connectivity index (χ0n) is 25.0. The summed E-state index contributed by atoms with van der Waals surface area (Å²) in [6, 6.07) is 16.0. The Bertz CT molecular complexity index is 1790. The number of fused-ring (bicyclic) bond motifs is 1. The molecule has 1 aliphatic rings. The molecule has 5 rings (SSSR count). The van der Waals surface area contributed by atoms with E-state index in [0.717, 1.165) is 12.1 Å². The van der Waals surface area contributed by atoms with Gasteiger partial charge in [0.1, 0.15) is 17.6 Å². The van der Waals surface area contributed by atoms with Crippen molar-refractivity contribution in [1.82, 2.24) is 9.88 Å². The molecule has 0 saturated heterocycles. The molecule has 3 atom stereocenters. The number of carbonyl (C=O) groups is 1. The average Bonchev–Trinajstić information content (AvgIpc) is 3.45. The van der Waals surface area contributed by atoms with Gasteiger partial charge in [0.2, 0.25) is 0 Å². The van der Waals surface area contributed by atoms with Crippen molar-refractivity contribution < 1.29 is 36.6 Å². The lowest BCUT2D eigenvalue weighted by atomic mass is 9.84. The first-order valence-corrected chi connectivity index (χ1v) is 14.6. The summed E-state index contributed by atoms with van der Waals surface area (Å²) in [7, 11) is 1.23. The number of aliphatic carboxylic acids is 1. The fourth-order valence-electron chi connectivity index (χ4n) is 6.25. The van der Waals surface area contributed by atoms with Gasteiger partial charge in [-0.1, -0.05) is 60.7 Å². The minimum atomic E-state index is -5.01. The highest BCUT2D eigenvalue weighted by Gasteiger charge is 2.48. The van der Waals surface area contributed by atoms with Crippen LogP contribution in [0.2, 0.25) is 0 Å². The van der Waals surface area contributed by atoms with E-state index in [-0.39, 0.29) is 54.2 Å². The van der Waals surface area contributed by atoms with Crippen molar-refractivity contribution >= 4 is 11.8 Å². The lowest BCUT2D eigenvalue weighted by Gasteiger charge is -2.30. The molecule has 12 heteroatoms. The summed E-state index contributed by atoms with van der Waals surface area (Å²) in [5.41, 5.74) is -1.84. The molecule has 4 aromatic rings. The second-order valence-corrected chi connectivity index (χ2v) is 11.0. The number of rotatable bonds is 11. The van der Waals surface area contributed by atoms with Gasteiger partial charge in [-0.2, -0.15) is 13.2 Å². The Kier molecular flexibility index (Phi) is 9.47. The van der Waals surface area contributed by atoms with Crippen LogP contribution in [0.1, 0.15) is 53.1 Å². The first-order valence-electron chi connectivity index (χ1n) is 14.6. The molecule has 2 heterocycles. The summed E-state index contributed by atoms with van der Waals surface area (Å²) in [6.45, 7) is 1.53. The monoisotopic (exact) mass is 641 g/mol. The molecule has 0 amide bonds. The van der Waals surface area contributed by atoms with Crippen LogP contribution in [0.15, 0.2) is 77.6 Å². The van der Waals surface area contributed by atoms with Crippen molar-refractivity contribution in [2.45, 2.75) is 43.9 Å². The first kappa shape index (κ1) is 32.7. The fourth-order valence-corrected chi connectivity index (χ4v) is 6.25. The van der Waals surface area contributed by atoms with Crippen LogP contribution < -0.4 is 20.9 Å². The highest BCUT2D eigenvalue weighted by Crippen LogP contribution is 2.49. The smallest absolute Gasteiger partial charge is 0.399 e. The topological polar surface area (TPSA) is 92.6 Å². The van der Waals surface area contributed by atoms with Crippen LogP contribution in [0.3, 0.4) is 0 Å². The number of benzene rings is 3. The number of alkyl halides is 3. The Balaban J connectivity index is 1.81. The fraction of sp³-hybridized carbons (Fsp3) is 0.294. The van der Waals surface area contributed by atoms with Crippen molar-refractivity contribution in [3.63, 3.8) is 0 Å². The molecular weight excluding hydrogens is 609 g/mol. The van der Waals surface area contributed by atoms with E-state index in [1.54, 1.807) is 30.3 Å². The minimum absolute atomic E-state index is 0.000926. The molecule has 3 N–H and O–H groups in total. The van der Waals surface area contributed by atoms with Crippen molar-refractivity contribution in [2.24, 2.45) is 0 Å². The molecule has 7 nitrogen and oxygen atoms in total. The number of ether oxygens (including phenoxy) is 1. The summed E-state index contributed by atoms with van der Waals surface area (Å²) < 4.78 is 82.6. The number of anilines is 1. The van der Waals surface area contributed by atoms with Gasteiger partial charge >= 0.3 is 12.1 Å². The number of carboxylic acid groups (broad SMARTS) is 1. The zero-order valence-corrected chi connectivity index (χ0v) is 25.0. The van der Waals surface area contributed by atoms with E-state index in [1.807, 2.05) is 0 Å². The number of aromatic nitrogens is 1. The quantitative estimate of drug-likeness (QED) is 0.121. The molecule has 0 spiro atoms. The van der Waals surface area contributed by atoms with Gasteiger partial charge in [-0.05, 0) is 43.1 Å². The number of nitrogens with one attached hydrogen (secondary N) is 2. The molecule has 0 fully saturated rings. The van der Waals surface area contributed by atoms with E-state index in [4.69, 9.17) is 9.84 Å². The van der Waals surface area contributed by atoms with Gasteiger partial charge in [0.05, 0.1) is 24.8 Å². The van der Waals surface area contributed by atoms with Gasteiger partial charge in [0, 0.05) is 29.7 Å². The molecule has 46 heavy (non-hydrogen) atoms. The Labute approximate surface area is 261 Å². The largest absolute Gasteiger partial charge is 0.494 e. The van der Waals surface area contributed by atoms with Crippen LogP contribution in [0.4, 0.5) is 27.8 Å². The molecule has 0 bridgehead atoms. The Morgan fingerprint density at radius 3 is 2.41 bits per heavy atom. The Hall–Kier alpha value is -4.71. The lowest BCUT2D eigenvalue weighted by molar-refractivity contribution is -0.141. The van der Waals surface area contributed by atoms with Crippen molar-refractivity contribution in [2.75, 3.05) is 25.5 Å². The van der Waals surface area contributed by atoms with E-state index in [0.29, 0.717) is 5.56 Å². The standard InChI is InChI=1S/C34H32F5N3O4/c1-19-27(22-13-8-15-25(46-2)30(22)36)33(45)42-24(31(20-10-4-3-5-11-20)40-17-9-16-26(43)44)18-41-32(42)28(19)29(34(37,38)39)21-12-6-7-14-23(21)35/h3-8,10-15,24,29,31,40-41H,9,16-18H2,1-2H3,(H,43,44)/t24-,29?,31?/m0/s1. The maximum Gasteiger partial charge on any atom is 0.399 e. The van der Waals surface area contributed by atoms with Crippen LogP contribution >= 0.6 is 0 Å². The second-order valence-electron chi connectivity index (χ2n) is 11.0. The number of halogens is 5. The maximum absolute atomic E-state index is 15.8.